The number of rotatable bonds is 2. The fourth-order valence-corrected chi connectivity index (χ4v) is 2.02. The lowest BCUT2D eigenvalue weighted by molar-refractivity contribution is 0.562. The molecule has 0 aliphatic rings. The van der Waals surface area contributed by atoms with Gasteiger partial charge in [-0.1, -0.05) is 23.7 Å². The molecule has 2 N–H and O–H groups in total. The fourth-order valence-electron chi connectivity index (χ4n) is 1.39. The van der Waals surface area contributed by atoms with Gasteiger partial charge in [0.05, 0.1) is 23.6 Å². The second-order valence-electron chi connectivity index (χ2n) is 3.18. The van der Waals surface area contributed by atoms with E-state index in [1.165, 1.54) is 0 Å². The van der Waals surface area contributed by atoms with E-state index in [0.29, 0.717) is 5.02 Å². The minimum absolute atomic E-state index is 0.256. The zero-order valence-corrected chi connectivity index (χ0v) is 10.1. The minimum Gasteiger partial charge on any atom is -0.472 e. The van der Waals surface area contributed by atoms with Crippen molar-refractivity contribution in [2.75, 3.05) is 0 Å². The first-order valence-electron chi connectivity index (χ1n) is 4.41. The van der Waals surface area contributed by atoms with Gasteiger partial charge in [0.25, 0.3) is 0 Å². The van der Waals surface area contributed by atoms with Gasteiger partial charge in [-0.05, 0) is 33.6 Å². The quantitative estimate of drug-likeness (QED) is 0.913. The molecule has 2 rings (SSSR count). The van der Waals surface area contributed by atoms with E-state index in [1.54, 1.807) is 12.5 Å². The van der Waals surface area contributed by atoms with E-state index in [-0.39, 0.29) is 6.04 Å². The smallest absolute Gasteiger partial charge is 0.0953 e. The number of benzene rings is 1. The van der Waals surface area contributed by atoms with Crippen LogP contribution in [0, 0.1) is 0 Å². The molecule has 0 saturated heterocycles. The molecule has 1 aromatic heterocycles. The van der Waals surface area contributed by atoms with Crippen molar-refractivity contribution in [3.05, 3.63) is 57.4 Å². The lowest BCUT2D eigenvalue weighted by atomic mass is 10.0. The summed E-state index contributed by atoms with van der Waals surface area (Å²) >= 11 is 9.51. The Morgan fingerprint density at radius 1 is 1.33 bits per heavy atom. The van der Waals surface area contributed by atoms with Crippen molar-refractivity contribution in [2.45, 2.75) is 6.04 Å². The Labute approximate surface area is 101 Å². The van der Waals surface area contributed by atoms with Gasteiger partial charge in [0.1, 0.15) is 0 Å². The Balaban J connectivity index is 2.42. The maximum atomic E-state index is 6.15. The molecule has 0 aliphatic heterocycles. The largest absolute Gasteiger partial charge is 0.472 e. The van der Waals surface area contributed by atoms with Crippen LogP contribution in [0.3, 0.4) is 0 Å². The van der Waals surface area contributed by atoms with Crippen molar-refractivity contribution >= 4 is 27.5 Å². The summed E-state index contributed by atoms with van der Waals surface area (Å²) < 4.78 is 5.84. The van der Waals surface area contributed by atoms with Gasteiger partial charge in [-0.25, -0.2) is 0 Å². The Morgan fingerprint density at radius 2 is 2.13 bits per heavy atom. The lowest BCUT2D eigenvalue weighted by Gasteiger charge is -2.12. The first kappa shape index (κ1) is 10.7. The van der Waals surface area contributed by atoms with Crippen LogP contribution in [-0.4, -0.2) is 0 Å². The summed E-state index contributed by atoms with van der Waals surface area (Å²) in [5, 5.41) is 0.645. The molecule has 0 amide bonds. The van der Waals surface area contributed by atoms with Gasteiger partial charge in [0.2, 0.25) is 0 Å². The van der Waals surface area contributed by atoms with E-state index in [2.05, 4.69) is 15.9 Å². The van der Waals surface area contributed by atoms with Crippen LogP contribution < -0.4 is 5.73 Å². The van der Waals surface area contributed by atoms with Crippen LogP contribution in [0.25, 0.3) is 0 Å². The number of hydrogen-bond donors (Lipinski definition) is 1. The van der Waals surface area contributed by atoms with Crippen LogP contribution in [0.5, 0.6) is 0 Å². The topological polar surface area (TPSA) is 39.2 Å². The van der Waals surface area contributed by atoms with Gasteiger partial charge in [-0.15, -0.1) is 0 Å². The molecule has 4 heteroatoms. The molecule has 2 nitrogen and oxygen atoms in total. The van der Waals surface area contributed by atoms with Crippen molar-refractivity contribution < 1.29 is 4.42 Å². The van der Waals surface area contributed by atoms with Crippen molar-refractivity contribution in [2.24, 2.45) is 5.73 Å². The van der Waals surface area contributed by atoms with Crippen LogP contribution in [0.15, 0.2) is 45.7 Å². The Morgan fingerprint density at radius 3 is 2.80 bits per heavy atom. The first-order valence-corrected chi connectivity index (χ1v) is 5.59. The molecule has 2 aromatic rings. The zero-order chi connectivity index (χ0) is 10.8. The summed E-state index contributed by atoms with van der Waals surface area (Å²) in [6.45, 7) is 0. The summed E-state index contributed by atoms with van der Waals surface area (Å²) in [4.78, 5) is 0. The summed E-state index contributed by atoms with van der Waals surface area (Å²) in [7, 11) is 0. The number of nitrogens with two attached hydrogens (primary N) is 1. The third-order valence-electron chi connectivity index (χ3n) is 2.22. The Kier molecular flexibility index (Phi) is 3.14. The SMILES string of the molecule is NC(c1ccoc1)c1cccc(Br)c1Cl. The highest BCUT2D eigenvalue weighted by Crippen LogP contribution is 2.32. The molecule has 0 saturated carbocycles. The molecule has 0 bridgehead atoms. The number of halogens is 2. The molecule has 1 unspecified atom stereocenters. The van der Waals surface area contributed by atoms with Crippen molar-refractivity contribution in [1.29, 1.82) is 0 Å². The molecule has 0 spiro atoms. The highest BCUT2D eigenvalue weighted by atomic mass is 79.9. The monoisotopic (exact) mass is 285 g/mol. The Hall–Kier alpha value is -0.770. The van der Waals surface area contributed by atoms with E-state index >= 15 is 0 Å². The third-order valence-corrected chi connectivity index (χ3v) is 3.53. The minimum atomic E-state index is -0.256. The standard InChI is InChI=1S/C11H9BrClNO/c12-9-3-1-2-8(10(9)13)11(14)7-4-5-15-6-7/h1-6,11H,14H2. The van der Waals surface area contributed by atoms with Gasteiger partial charge in [0.15, 0.2) is 0 Å². The summed E-state index contributed by atoms with van der Waals surface area (Å²) in [6.07, 6.45) is 3.23. The molecule has 1 aromatic carbocycles. The molecule has 0 radical (unpaired) electrons. The normalized spacial score (nSPS) is 12.7. The summed E-state index contributed by atoms with van der Waals surface area (Å²) in [5.41, 5.74) is 7.86. The average molecular weight is 287 g/mol. The van der Waals surface area contributed by atoms with Crippen LogP contribution in [0.2, 0.25) is 5.02 Å². The van der Waals surface area contributed by atoms with Gasteiger partial charge < -0.3 is 10.2 Å². The van der Waals surface area contributed by atoms with E-state index in [9.17, 15) is 0 Å². The first-order chi connectivity index (χ1) is 7.20. The van der Waals surface area contributed by atoms with E-state index < -0.39 is 0 Å². The van der Waals surface area contributed by atoms with E-state index in [0.717, 1.165) is 15.6 Å². The van der Waals surface area contributed by atoms with Gasteiger partial charge in [-0.2, -0.15) is 0 Å². The molecule has 0 aliphatic carbocycles. The predicted molar refractivity (Wildman–Crippen MR) is 63.9 cm³/mol. The van der Waals surface area contributed by atoms with Crippen LogP contribution >= 0.6 is 27.5 Å². The fraction of sp³-hybridized carbons (Fsp3) is 0.0909. The zero-order valence-electron chi connectivity index (χ0n) is 7.78. The molecule has 78 valence electrons. The molecular weight excluding hydrogens is 277 g/mol. The highest BCUT2D eigenvalue weighted by Gasteiger charge is 2.14. The van der Waals surface area contributed by atoms with Gasteiger partial charge in [0, 0.05) is 10.0 Å². The van der Waals surface area contributed by atoms with Gasteiger partial charge >= 0.3 is 0 Å². The molecule has 1 atom stereocenters. The Bertz CT molecular complexity index is 456. The van der Waals surface area contributed by atoms with Crippen molar-refractivity contribution in [3.63, 3.8) is 0 Å². The lowest BCUT2D eigenvalue weighted by Crippen LogP contribution is -2.11. The maximum Gasteiger partial charge on any atom is 0.0953 e. The van der Waals surface area contributed by atoms with Crippen LogP contribution in [0.4, 0.5) is 0 Å². The third kappa shape index (κ3) is 2.09. The van der Waals surface area contributed by atoms with E-state index in [1.807, 2.05) is 24.3 Å². The molecule has 15 heavy (non-hydrogen) atoms. The van der Waals surface area contributed by atoms with Crippen molar-refractivity contribution in [3.8, 4) is 0 Å². The molecule has 0 fully saturated rings. The second-order valence-corrected chi connectivity index (χ2v) is 4.41. The predicted octanol–water partition coefficient (Wildman–Crippen LogP) is 3.74. The maximum absolute atomic E-state index is 6.15. The van der Waals surface area contributed by atoms with Crippen molar-refractivity contribution in [1.82, 2.24) is 0 Å². The number of furan rings is 1. The number of hydrogen-bond acceptors (Lipinski definition) is 2. The second kappa shape index (κ2) is 4.39. The van der Waals surface area contributed by atoms with Gasteiger partial charge in [-0.3, -0.25) is 0 Å². The summed E-state index contributed by atoms with van der Waals surface area (Å²) in [5.74, 6) is 0. The molecular formula is C11H9BrClNO. The van der Waals surface area contributed by atoms with Crippen LogP contribution in [-0.2, 0) is 0 Å². The summed E-state index contributed by atoms with van der Waals surface area (Å²) in [6, 6.07) is 7.28. The highest BCUT2D eigenvalue weighted by molar-refractivity contribution is 9.10. The van der Waals surface area contributed by atoms with E-state index in [4.69, 9.17) is 21.8 Å². The molecule has 1 heterocycles. The average Bonchev–Trinajstić information content (AvgIpc) is 2.74. The van der Waals surface area contributed by atoms with Crippen LogP contribution in [0.1, 0.15) is 17.2 Å².